The highest BCUT2D eigenvalue weighted by atomic mass is 32.2. The van der Waals surface area contributed by atoms with Gasteiger partial charge in [-0.05, 0) is 49.2 Å². The van der Waals surface area contributed by atoms with Crippen LogP contribution in [0.15, 0.2) is 59.6 Å². The molecule has 3 rings (SSSR count). The fourth-order valence-electron chi connectivity index (χ4n) is 2.40. The number of anilines is 2. The van der Waals surface area contributed by atoms with Crippen LogP contribution in [0, 0.1) is 19.7 Å². The van der Waals surface area contributed by atoms with Gasteiger partial charge in [0.25, 0.3) is 0 Å². The van der Waals surface area contributed by atoms with Crippen molar-refractivity contribution in [1.29, 1.82) is 0 Å². The number of hydrogen-bond acceptors (Lipinski definition) is 5. The normalized spacial score (nSPS) is 10.5. The van der Waals surface area contributed by atoms with Crippen molar-refractivity contribution in [3.63, 3.8) is 0 Å². The maximum atomic E-state index is 13.5. The lowest BCUT2D eigenvalue weighted by Gasteiger charge is -2.07. The zero-order valence-corrected chi connectivity index (χ0v) is 16.5. The Kier molecular flexibility index (Phi) is 6.60. The van der Waals surface area contributed by atoms with Gasteiger partial charge >= 0.3 is 0 Å². The fraction of sp³-hybridized carbons (Fsp3) is 0.190. The maximum absolute atomic E-state index is 13.5. The van der Waals surface area contributed by atoms with Crippen LogP contribution in [0.3, 0.4) is 0 Å². The first-order chi connectivity index (χ1) is 13.5. The third-order valence-electron chi connectivity index (χ3n) is 4.04. The molecule has 1 aromatic heterocycles. The molecule has 2 N–H and O–H groups in total. The van der Waals surface area contributed by atoms with E-state index in [0.29, 0.717) is 28.6 Å². The number of amides is 1. The first-order valence-electron chi connectivity index (χ1n) is 8.81. The molecule has 0 radical (unpaired) electrons. The van der Waals surface area contributed by atoms with Gasteiger partial charge in [-0.15, -0.1) is 10.2 Å². The number of aromatic nitrogens is 2. The molecule has 5 nitrogen and oxygen atoms in total. The minimum Gasteiger partial charge on any atom is -0.365 e. The number of rotatable bonds is 7. The molecule has 1 amide bonds. The minimum absolute atomic E-state index is 0.167. The summed E-state index contributed by atoms with van der Waals surface area (Å²) >= 11 is 1.27. The zero-order chi connectivity index (χ0) is 19.9. The molecule has 144 valence electrons. The number of thioether (sulfide) groups is 1. The van der Waals surface area contributed by atoms with Crippen molar-refractivity contribution in [2.45, 2.75) is 25.4 Å². The van der Waals surface area contributed by atoms with Crippen LogP contribution in [0.25, 0.3) is 0 Å². The fourth-order valence-corrected chi connectivity index (χ4v) is 3.01. The van der Waals surface area contributed by atoms with Crippen LogP contribution in [-0.2, 0) is 11.3 Å². The average Bonchev–Trinajstić information content (AvgIpc) is 2.69. The first kappa shape index (κ1) is 19.8. The van der Waals surface area contributed by atoms with Crippen molar-refractivity contribution in [1.82, 2.24) is 10.2 Å². The Labute approximate surface area is 167 Å². The van der Waals surface area contributed by atoms with Gasteiger partial charge in [-0.1, -0.05) is 47.7 Å². The lowest BCUT2D eigenvalue weighted by atomic mass is 10.1. The number of carbonyl (C=O) groups is 1. The molecule has 0 bridgehead atoms. The van der Waals surface area contributed by atoms with E-state index < -0.39 is 0 Å². The van der Waals surface area contributed by atoms with Gasteiger partial charge in [0.15, 0.2) is 0 Å². The molecule has 0 saturated heterocycles. The molecule has 0 unspecified atom stereocenters. The van der Waals surface area contributed by atoms with E-state index in [2.05, 4.69) is 52.0 Å². The summed E-state index contributed by atoms with van der Waals surface area (Å²) in [6.07, 6.45) is 0. The number of nitrogens with zero attached hydrogens (tertiary/aromatic N) is 2. The number of hydrogen-bond donors (Lipinski definition) is 2. The number of aryl methyl sites for hydroxylation is 2. The Morgan fingerprint density at radius 3 is 2.50 bits per heavy atom. The van der Waals surface area contributed by atoms with Crippen LogP contribution in [0.5, 0.6) is 0 Å². The zero-order valence-electron chi connectivity index (χ0n) is 15.7. The van der Waals surface area contributed by atoms with Crippen molar-refractivity contribution in [2.24, 2.45) is 0 Å². The Morgan fingerprint density at radius 1 is 1.04 bits per heavy atom. The molecule has 1 heterocycles. The van der Waals surface area contributed by atoms with E-state index >= 15 is 0 Å². The molecule has 2 aromatic carbocycles. The van der Waals surface area contributed by atoms with E-state index in [-0.39, 0.29) is 17.5 Å². The largest absolute Gasteiger partial charge is 0.365 e. The molecule has 0 saturated carbocycles. The lowest BCUT2D eigenvalue weighted by Crippen LogP contribution is -2.14. The van der Waals surface area contributed by atoms with Crippen molar-refractivity contribution in [2.75, 3.05) is 16.4 Å². The molecule has 3 aromatic rings. The summed E-state index contributed by atoms with van der Waals surface area (Å²) < 4.78 is 13.5. The predicted molar refractivity (Wildman–Crippen MR) is 111 cm³/mol. The number of halogens is 1. The summed E-state index contributed by atoms with van der Waals surface area (Å²) in [7, 11) is 0. The smallest absolute Gasteiger partial charge is 0.234 e. The summed E-state index contributed by atoms with van der Waals surface area (Å²) in [4.78, 5) is 12.0. The Morgan fingerprint density at radius 2 is 1.82 bits per heavy atom. The first-order valence-corrected chi connectivity index (χ1v) is 9.80. The highest BCUT2D eigenvalue weighted by Crippen LogP contribution is 2.18. The van der Waals surface area contributed by atoms with Gasteiger partial charge in [0.05, 0.1) is 5.75 Å². The van der Waals surface area contributed by atoms with Crippen LogP contribution in [0.1, 0.15) is 16.7 Å². The third-order valence-corrected chi connectivity index (χ3v) is 4.96. The Balaban J connectivity index is 1.46. The average molecular weight is 396 g/mol. The van der Waals surface area contributed by atoms with Crippen molar-refractivity contribution in [3.05, 3.63) is 77.1 Å². The summed E-state index contributed by atoms with van der Waals surface area (Å²) in [6, 6.07) is 16.5. The SMILES string of the molecule is Cc1ccc(CNc2ccc(SCC(=O)Nc3ccc(C)c(F)c3)nn2)cc1. The van der Waals surface area contributed by atoms with Gasteiger partial charge in [0.2, 0.25) is 5.91 Å². The van der Waals surface area contributed by atoms with Crippen molar-refractivity contribution < 1.29 is 9.18 Å². The second kappa shape index (κ2) is 9.32. The molecule has 28 heavy (non-hydrogen) atoms. The van der Waals surface area contributed by atoms with Gasteiger partial charge < -0.3 is 10.6 Å². The summed E-state index contributed by atoms with van der Waals surface area (Å²) in [5, 5.41) is 14.8. The molecule has 0 fully saturated rings. The predicted octanol–water partition coefficient (Wildman–Crippen LogP) is 4.58. The third kappa shape index (κ3) is 5.79. The second-order valence-electron chi connectivity index (χ2n) is 6.40. The highest BCUT2D eigenvalue weighted by molar-refractivity contribution is 7.99. The monoisotopic (exact) mass is 396 g/mol. The Bertz CT molecular complexity index is 946. The van der Waals surface area contributed by atoms with Gasteiger partial charge in [0.1, 0.15) is 16.7 Å². The standard InChI is InChI=1S/C21H21FN4OS/c1-14-3-6-16(7-4-14)12-23-19-9-10-21(26-25-19)28-13-20(27)24-17-8-5-15(2)18(22)11-17/h3-11H,12-13H2,1-2H3,(H,23,25)(H,24,27). The number of benzene rings is 2. The van der Waals surface area contributed by atoms with Crippen molar-refractivity contribution in [3.8, 4) is 0 Å². The van der Waals surface area contributed by atoms with Gasteiger partial charge in [-0.3, -0.25) is 4.79 Å². The van der Waals surface area contributed by atoms with E-state index in [4.69, 9.17) is 0 Å². The summed E-state index contributed by atoms with van der Waals surface area (Å²) in [5.74, 6) is 0.270. The molecule has 0 aliphatic heterocycles. The van der Waals surface area contributed by atoms with Gasteiger partial charge in [-0.2, -0.15) is 0 Å². The van der Waals surface area contributed by atoms with E-state index in [1.165, 1.54) is 23.4 Å². The lowest BCUT2D eigenvalue weighted by molar-refractivity contribution is -0.113. The Hall–Kier alpha value is -2.93. The highest BCUT2D eigenvalue weighted by Gasteiger charge is 2.07. The quantitative estimate of drug-likeness (QED) is 0.573. The number of nitrogens with one attached hydrogen (secondary N) is 2. The molecular formula is C21H21FN4OS. The van der Waals surface area contributed by atoms with Gasteiger partial charge in [-0.25, -0.2) is 4.39 Å². The molecule has 0 atom stereocenters. The molecule has 0 aliphatic carbocycles. The maximum Gasteiger partial charge on any atom is 0.234 e. The van der Waals surface area contributed by atoms with Gasteiger partial charge in [0, 0.05) is 12.2 Å². The van der Waals surface area contributed by atoms with Crippen LogP contribution in [-0.4, -0.2) is 21.9 Å². The van der Waals surface area contributed by atoms with E-state index in [9.17, 15) is 9.18 Å². The van der Waals surface area contributed by atoms with Crippen LogP contribution >= 0.6 is 11.8 Å². The minimum atomic E-state index is -0.343. The topological polar surface area (TPSA) is 66.9 Å². The van der Waals surface area contributed by atoms with Crippen LogP contribution in [0.2, 0.25) is 0 Å². The van der Waals surface area contributed by atoms with E-state index in [1.54, 1.807) is 19.1 Å². The van der Waals surface area contributed by atoms with Crippen molar-refractivity contribution >= 4 is 29.2 Å². The summed E-state index contributed by atoms with van der Waals surface area (Å²) in [6.45, 7) is 4.39. The second-order valence-corrected chi connectivity index (χ2v) is 7.39. The van der Waals surface area contributed by atoms with E-state index in [0.717, 1.165) is 5.56 Å². The molecule has 0 spiro atoms. The molecule has 0 aliphatic rings. The molecule has 7 heteroatoms. The summed E-state index contributed by atoms with van der Waals surface area (Å²) in [5.41, 5.74) is 3.37. The van der Waals surface area contributed by atoms with Crippen LogP contribution in [0.4, 0.5) is 15.9 Å². The van der Waals surface area contributed by atoms with Crippen LogP contribution < -0.4 is 10.6 Å². The molecular weight excluding hydrogens is 375 g/mol. The number of carbonyl (C=O) groups excluding carboxylic acids is 1. The van der Waals surface area contributed by atoms with E-state index in [1.807, 2.05) is 12.1 Å².